The highest BCUT2D eigenvalue weighted by molar-refractivity contribution is 7.13. The number of nitrogens with two attached hydrogens (primary N) is 1. The van der Waals surface area contributed by atoms with E-state index in [4.69, 9.17) is 5.73 Å². The molecule has 0 aliphatic rings. The first kappa shape index (κ1) is 10.0. The van der Waals surface area contributed by atoms with Crippen molar-refractivity contribution in [2.24, 2.45) is 5.73 Å². The summed E-state index contributed by atoms with van der Waals surface area (Å²) in [6.45, 7) is 0. The fourth-order valence-corrected chi connectivity index (χ4v) is 1.53. The summed E-state index contributed by atoms with van der Waals surface area (Å²) in [5.74, 6) is 0. The molecule has 0 aliphatic carbocycles. The Kier molecular flexibility index (Phi) is 2.89. The number of rotatable bonds is 3. The van der Waals surface area contributed by atoms with Crippen LogP contribution in [0.4, 0.5) is 13.8 Å². The molecule has 0 saturated carbocycles. The van der Waals surface area contributed by atoms with Crippen LogP contribution < -0.4 is 5.73 Å². The fraction of sp³-hybridized carbons (Fsp3) is 0.333. The summed E-state index contributed by atoms with van der Waals surface area (Å²) < 4.78 is 24.1. The largest absolute Gasteiger partial charge is 0.324 e. The Labute approximate surface area is 76.1 Å². The SMILES string of the molecule is N[C@H](c1csc([N+](=O)[O-])c1)C(F)F. The molecule has 1 aromatic rings. The zero-order chi connectivity index (χ0) is 10.0. The Morgan fingerprint density at radius 2 is 2.23 bits per heavy atom. The van der Waals surface area contributed by atoms with Gasteiger partial charge in [0.1, 0.15) is 0 Å². The maximum atomic E-state index is 12.0. The lowest BCUT2D eigenvalue weighted by atomic mass is 10.2. The average Bonchev–Trinajstić information content (AvgIpc) is 2.50. The Hall–Kier alpha value is -1.08. The molecule has 13 heavy (non-hydrogen) atoms. The zero-order valence-corrected chi connectivity index (χ0v) is 7.13. The normalized spacial score (nSPS) is 13.2. The van der Waals surface area contributed by atoms with Crippen molar-refractivity contribution < 1.29 is 13.7 Å². The van der Waals surface area contributed by atoms with Crippen molar-refractivity contribution in [3.8, 4) is 0 Å². The van der Waals surface area contributed by atoms with E-state index in [1.807, 2.05) is 0 Å². The lowest BCUT2D eigenvalue weighted by molar-refractivity contribution is -0.380. The van der Waals surface area contributed by atoms with E-state index < -0.39 is 17.4 Å². The molecular weight excluding hydrogens is 202 g/mol. The van der Waals surface area contributed by atoms with Crippen LogP contribution in [0.2, 0.25) is 0 Å². The van der Waals surface area contributed by atoms with Crippen LogP contribution in [0.3, 0.4) is 0 Å². The highest BCUT2D eigenvalue weighted by atomic mass is 32.1. The second kappa shape index (κ2) is 3.75. The van der Waals surface area contributed by atoms with Gasteiger partial charge in [-0.05, 0) is 5.56 Å². The second-order valence-corrected chi connectivity index (χ2v) is 3.23. The molecule has 1 aromatic heterocycles. The van der Waals surface area contributed by atoms with Crippen LogP contribution in [0, 0.1) is 10.1 Å². The number of alkyl halides is 2. The molecule has 1 atom stereocenters. The van der Waals surface area contributed by atoms with E-state index in [0.29, 0.717) is 0 Å². The number of nitro groups is 1. The molecule has 0 spiro atoms. The number of nitrogens with zero attached hydrogens (tertiary/aromatic N) is 1. The summed E-state index contributed by atoms with van der Waals surface area (Å²) in [4.78, 5) is 9.56. The standard InChI is InChI=1S/C6H6F2N2O2S/c7-6(8)5(9)3-1-4(10(11)12)13-2-3/h1-2,5-6H,9H2/t5-/m1/s1. The van der Waals surface area contributed by atoms with E-state index >= 15 is 0 Å². The topological polar surface area (TPSA) is 69.2 Å². The van der Waals surface area contributed by atoms with Crippen molar-refractivity contribution in [2.45, 2.75) is 12.5 Å². The number of hydrogen-bond donors (Lipinski definition) is 1. The summed E-state index contributed by atoms with van der Waals surface area (Å²) in [7, 11) is 0. The summed E-state index contributed by atoms with van der Waals surface area (Å²) in [6.07, 6.45) is -2.70. The average molecular weight is 208 g/mol. The van der Waals surface area contributed by atoms with Crippen molar-refractivity contribution in [1.82, 2.24) is 0 Å². The number of hydrogen-bond acceptors (Lipinski definition) is 4. The van der Waals surface area contributed by atoms with Gasteiger partial charge < -0.3 is 5.73 Å². The quantitative estimate of drug-likeness (QED) is 0.609. The van der Waals surface area contributed by atoms with Gasteiger partial charge in [-0.15, -0.1) is 0 Å². The molecule has 0 fully saturated rings. The van der Waals surface area contributed by atoms with Gasteiger partial charge >= 0.3 is 5.00 Å². The molecule has 0 aliphatic heterocycles. The van der Waals surface area contributed by atoms with Gasteiger partial charge in [-0.3, -0.25) is 10.1 Å². The molecule has 0 bridgehead atoms. The van der Waals surface area contributed by atoms with Crippen molar-refractivity contribution in [1.29, 1.82) is 0 Å². The van der Waals surface area contributed by atoms with Crippen LogP contribution in [-0.4, -0.2) is 11.3 Å². The van der Waals surface area contributed by atoms with Crippen LogP contribution in [0.25, 0.3) is 0 Å². The summed E-state index contributed by atoms with van der Waals surface area (Å²) >= 11 is 0.791. The van der Waals surface area contributed by atoms with Crippen molar-refractivity contribution in [3.05, 3.63) is 27.1 Å². The molecule has 0 aromatic carbocycles. The molecule has 1 rings (SSSR count). The fourth-order valence-electron chi connectivity index (χ4n) is 0.755. The van der Waals surface area contributed by atoms with Crippen molar-refractivity contribution >= 4 is 16.3 Å². The van der Waals surface area contributed by atoms with Crippen LogP contribution in [-0.2, 0) is 0 Å². The zero-order valence-electron chi connectivity index (χ0n) is 6.31. The van der Waals surface area contributed by atoms with Gasteiger partial charge in [-0.25, -0.2) is 8.78 Å². The van der Waals surface area contributed by atoms with E-state index in [1.54, 1.807) is 0 Å². The minimum atomic E-state index is -2.70. The third-order valence-corrected chi connectivity index (χ3v) is 2.34. The van der Waals surface area contributed by atoms with Gasteiger partial charge in [0, 0.05) is 11.4 Å². The third-order valence-electron chi connectivity index (χ3n) is 1.44. The molecule has 0 unspecified atom stereocenters. The third kappa shape index (κ3) is 2.19. The first-order chi connectivity index (χ1) is 6.02. The smallest absolute Gasteiger partial charge is 0.319 e. The van der Waals surface area contributed by atoms with Crippen molar-refractivity contribution in [3.63, 3.8) is 0 Å². The van der Waals surface area contributed by atoms with Crippen molar-refractivity contribution in [2.75, 3.05) is 0 Å². The molecule has 0 amide bonds. The molecular formula is C6H6F2N2O2S. The minimum absolute atomic E-state index is 0.103. The first-order valence-electron chi connectivity index (χ1n) is 3.29. The van der Waals surface area contributed by atoms with E-state index in [-0.39, 0.29) is 10.6 Å². The highest BCUT2D eigenvalue weighted by Gasteiger charge is 2.21. The highest BCUT2D eigenvalue weighted by Crippen LogP contribution is 2.28. The Morgan fingerprint density at radius 3 is 2.62 bits per heavy atom. The second-order valence-electron chi connectivity index (χ2n) is 2.34. The maximum absolute atomic E-state index is 12.0. The molecule has 72 valence electrons. The van der Waals surface area contributed by atoms with Gasteiger partial charge in [0.15, 0.2) is 0 Å². The predicted molar refractivity (Wildman–Crippen MR) is 43.9 cm³/mol. The van der Waals surface area contributed by atoms with Gasteiger partial charge in [-0.2, -0.15) is 0 Å². The monoisotopic (exact) mass is 208 g/mol. The maximum Gasteiger partial charge on any atom is 0.324 e. The molecule has 7 heteroatoms. The first-order valence-corrected chi connectivity index (χ1v) is 4.17. The van der Waals surface area contributed by atoms with Gasteiger partial charge in [0.2, 0.25) is 0 Å². The van der Waals surface area contributed by atoms with Gasteiger partial charge in [0.25, 0.3) is 6.43 Å². The molecule has 2 N–H and O–H groups in total. The Bertz CT molecular complexity index is 315. The van der Waals surface area contributed by atoms with E-state index in [1.165, 1.54) is 5.38 Å². The van der Waals surface area contributed by atoms with Gasteiger partial charge in [0.05, 0.1) is 11.0 Å². The predicted octanol–water partition coefficient (Wildman–Crippen LogP) is 1.92. The lowest BCUT2D eigenvalue weighted by Gasteiger charge is -2.06. The van der Waals surface area contributed by atoms with E-state index in [2.05, 4.69) is 0 Å². The number of thiophene rings is 1. The Balaban J connectivity index is 2.85. The lowest BCUT2D eigenvalue weighted by Crippen LogP contribution is -2.17. The Morgan fingerprint density at radius 1 is 1.62 bits per heavy atom. The molecule has 1 heterocycles. The summed E-state index contributed by atoms with van der Waals surface area (Å²) in [5.41, 5.74) is 5.19. The van der Waals surface area contributed by atoms with E-state index in [9.17, 15) is 18.9 Å². The summed E-state index contributed by atoms with van der Waals surface area (Å²) in [6, 6.07) is -0.369. The summed E-state index contributed by atoms with van der Waals surface area (Å²) in [5, 5.41) is 11.3. The minimum Gasteiger partial charge on any atom is -0.319 e. The van der Waals surface area contributed by atoms with Crippen LogP contribution >= 0.6 is 11.3 Å². The molecule has 0 radical (unpaired) electrons. The van der Waals surface area contributed by atoms with Crippen LogP contribution in [0.5, 0.6) is 0 Å². The molecule has 0 saturated heterocycles. The van der Waals surface area contributed by atoms with Gasteiger partial charge in [-0.1, -0.05) is 11.3 Å². The molecule has 4 nitrogen and oxygen atoms in total. The van der Waals surface area contributed by atoms with E-state index in [0.717, 1.165) is 17.4 Å². The van der Waals surface area contributed by atoms with Crippen LogP contribution in [0.15, 0.2) is 11.4 Å². The number of halogens is 2. The van der Waals surface area contributed by atoms with Crippen LogP contribution in [0.1, 0.15) is 11.6 Å².